The van der Waals surface area contributed by atoms with Crippen LogP contribution in [-0.2, 0) is 0 Å². The molecule has 6 heteroatoms. The number of aromatic amines is 1. The Balaban J connectivity index is 2.08. The number of aryl methyl sites for hydroxylation is 1. The first kappa shape index (κ1) is 12.2. The van der Waals surface area contributed by atoms with Gasteiger partial charge in [-0.3, -0.25) is 9.78 Å². The first-order valence-corrected chi connectivity index (χ1v) is 5.49. The van der Waals surface area contributed by atoms with E-state index < -0.39 is 5.82 Å². The number of aromatic nitrogens is 3. The Morgan fingerprint density at radius 3 is 2.83 bits per heavy atom. The van der Waals surface area contributed by atoms with Crippen LogP contribution in [0.25, 0.3) is 0 Å². The minimum Gasteiger partial charge on any atom is -0.344 e. The average Bonchev–Trinajstić information content (AvgIpc) is 2.76. The van der Waals surface area contributed by atoms with Gasteiger partial charge in [-0.25, -0.2) is 9.37 Å². The predicted octanol–water partition coefficient (Wildman–Crippen LogP) is 1.74. The van der Waals surface area contributed by atoms with Crippen LogP contribution in [0.4, 0.5) is 4.39 Å². The number of amides is 1. The smallest absolute Gasteiger partial charge is 0.253 e. The monoisotopic (exact) mass is 248 g/mol. The molecule has 0 aromatic carbocycles. The minimum atomic E-state index is -0.538. The van der Waals surface area contributed by atoms with Crippen molar-refractivity contribution in [1.82, 2.24) is 20.3 Å². The van der Waals surface area contributed by atoms with Crippen LogP contribution >= 0.6 is 0 Å². The van der Waals surface area contributed by atoms with Crippen LogP contribution in [0, 0.1) is 12.7 Å². The van der Waals surface area contributed by atoms with E-state index in [-0.39, 0.29) is 17.5 Å². The molecule has 2 heterocycles. The van der Waals surface area contributed by atoms with E-state index in [0.717, 1.165) is 18.0 Å². The molecule has 0 bridgehead atoms. The van der Waals surface area contributed by atoms with Crippen LogP contribution < -0.4 is 5.32 Å². The summed E-state index contributed by atoms with van der Waals surface area (Å²) >= 11 is 0. The van der Waals surface area contributed by atoms with Crippen molar-refractivity contribution in [3.63, 3.8) is 0 Å². The third kappa shape index (κ3) is 2.71. The molecule has 1 atom stereocenters. The summed E-state index contributed by atoms with van der Waals surface area (Å²) in [5, 5.41) is 2.71. The minimum absolute atomic E-state index is 0.185. The van der Waals surface area contributed by atoms with Gasteiger partial charge in [-0.2, -0.15) is 0 Å². The molecule has 2 aromatic heterocycles. The fourth-order valence-electron chi connectivity index (χ4n) is 1.54. The number of H-pyrrole nitrogens is 1. The zero-order valence-electron chi connectivity index (χ0n) is 10.1. The predicted molar refractivity (Wildman–Crippen MR) is 63.4 cm³/mol. The number of carbonyl (C=O) groups is 1. The van der Waals surface area contributed by atoms with Crippen molar-refractivity contribution in [2.75, 3.05) is 0 Å². The van der Waals surface area contributed by atoms with Crippen LogP contribution in [0.3, 0.4) is 0 Å². The number of hydrogen-bond donors (Lipinski definition) is 2. The molecule has 0 aliphatic rings. The molecule has 2 aromatic rings. The number of rotatable bonds is 3. The van der Waals surface area contributed by atoms with Gasteiger partial charge in [-0.1, -0.05) is 0 Å². The summed E-state index contributed by atoms with van der Waals surface area (Å²) in [5.74, 6) is -0.266. The first-order valence-electron chi connectivity index (χ1n) is 5.49. The van der Waals surface area contributed by atoms with Gasteiger partial charge in [0.15, 0.2) is 0 Å². The van der Waals surface area contributed by atoms with E-state index in [1.807, 2.05) is 6.92 Å². The number of halogens is 1. The van der Waals surface area contributed by atoms with Gasteiger partial charge < -0.3 is 10.3 Å². The highest BCUT2D eigenvalue weighted by Crippen LogP contribution is 2.09. The molecule has 18 heavy (non-hydrogen) atoms. The quantitative estimate of drug-likeness (QED) is 0.869. The van der Waals surface area contributed by atoms with Gasteiger partial charge in [-0.05, 0) is 19.9 Å². The summed E-state index contributed by atoms with van der Waals surface area (Å²) < 4.78 is 12.9. The van der Waals surface area contributed by atoms with Gasteiger partial charge in [0, 0.05) is 18.1 Å². The van der Waals surface area contributed by atoms with Crippen molar-refractivity contribution >= 4 is 5.91 Å². The van der Waals surface area contributed by atoms with Crippen LogP contribution in [0.15, 0.2) is 24.7 Å². The molecular formula is C12H13FN4O. The Hall–Kier alpha value is -2.24. The number of nitrogens with zero attached hydrogens (tertiary/aromatic N) is 2. The number of nitrogens with one attached hydrogen (secondary N) is 2. The standard InChI is InChI=1S/C12H13FN4O/c1-7-4-15-11(16-7)8(2)17-12(18)9-3-10(13)6-14-5-9/h3-6,8H,1-2H3,(H,15,16)(H,17,18). The maximum Gasteiger partial charge on any atom is 0.253 e. The summed E-state index contributed by atoms with van der Waals surface area (Å²) in [4.78, 5) is 22.6. The third-order valence-corrected chi connectivity index (χ3v) is 2.45. The zero-order chi connectivity index (χ0) is 13.1. The lowest BCUT2D eigenvalue weighted by atomic mass is 10.2. The number of imidazole rings is 1. The average molecular weight is 248 g/mol. The molecule has 2 rings (SSSR count). The number of carbonyl (C=O) groups excluding carboxylic acids is 1. The van der Waals surface area contributed by atoms with E-state index >= 15 is 0 Å². The highest BCUT2D eigenvalue weighted by molar-refractivity contribution is 5.94. The molecular weight excluding hydrogens is 235 g/mol. The molecule has 0 fully saturated rings. The second-order valence-electron chi connectivity index (χ2n) is 4.04. The Morgan fingerprint density at radius 1 is 1.44 bits per heavy atom. The van der Waals surface area contributed by atoms with Crippen molar-refractivity contribution in [2.24, 2.45) is 0 Å². The van der Waals surface area contributed by atoms with E-state index in [4.69, 9.17) is 0 Å². The molecule has 0 saturated heterocycles. The highest BCUT2D eigenvalue weighted by Gasteiger charge is 2.14. The van der Waals surface area contributed by atoms with Gasteiger partial charge in [0.2, 0.25) is 0 Å². The van der Waals surface area contributed by atoms with Crippen LogP contribution in [0.1, 0.15) is 34.8 Å². The molecule has 0 aliphatic heterocycles. The summed E-state index contributed by atoms with van der Waals surface area (Å²) in [7, 11) is 0. The van der Waals surface area contributed by atoms with Crippen molar-refractivity contribution in [2.45, 2.75) is 19.9 Å². The number of pyridine rings is 1. The third-order valence-electron chi connectivity index (χ3n) is 2.45. The fourth-order valence-corrected chi connectivity index (χ4v) is 1.54. The normalized spacial score (nSPS) is 12.2. The molecule has 1 amide bonds. The van der Waals surface area contributed by atoms with E-state index in [9.17, 15) is 9.18 Å². The highest BCUT2D eigenvalue weighted by atomic mass is 19.1. The van der Waals surface area contributed by atoms with E-state index in [1.165, 1.54) is 6.20 Å². The number of hydrogen-bond acceptors (Lipinski definition) is 3. The van der Waals surface area contributed by atoms with E-state index in [1.54, 1.807) is 13.1 Å². The van der Waals surface area contributed by atoms with Crippen LogP contribution in [0.5, 0.6) is 0 Å². The fraction of sp³-hybridized carbons (Fsp3) is 0.250. The maximum absolute atomic E-state index is 12.9. The Kier molecular flexibility index (Phi) is 3.36. The lowest BCUT2D eigenvalue weighted by Gasteiger charge is -2.11. The SMILES string of the molecule is Cc1cnc(C(C)NC(=O)c2cncc(F)c2)[nH]1. The Labute approximate surface area is 103 Å². The molecule has 0 radical (unpaired) electrons. The van der Waals surface area contributed by atoms with Gasteiger partial charge in [0.05, 0.1) is 17.8 Å². The molecule has 0 saturated carbocycles. The molecule has 0 aliphatic carbocycles. The van der Waals surface area contributed by atoms with Gasteiger partial charge in [0.1, 0.15) is 11.6 Å². The van der Waals surface area contributed by atoms with E-state index in [0.29, 0.717) is 5.82 Å². The van der Waals surface area contributed by atoms with Gasteiger partial charge in [0.25, 0.3) is 5.91 Å². The maximum atomic E-state index is 12.9. The Bertz CT molecular complexity index is 567. The molecule has 0 spiro atoms. The lowest BCUT2D eigenvalue weighted by Crippen LogP contribution is -2.27. The molecule has 2 N–H and O–H groups in total. The van der Waals surface area contributed by atoms with Crippen molar-refractivity contribution in [3.05, 3.63) is 47.6 Å². The van der Waals surface area contributed by atoms with E-state index in [2.05, 4.69) is 20.3 Å². The van der Waals surface area contributed by atoms with Gasteiger partial charge in [-0.15, -0.1) is 0 Å². The topological polar surface area (TPSA) is 70.7 Å². The summed E-state index contributed by atoms with van der Waals surface area (Å²) in [6.45, 7) is 3.67. The molecule has 5 nitrogen and oxygen atoms in total. The zero-order valence-corrected chi connectivity index (χ0v) is 10.1. The van der Waals surface area contributed by atoms with Crippen molar-refractivity contribution < 1.29 is 9.18 Å². The lowest BCUT2D eigenvalue weighted by molar-refractivity contribution is 0.0937. The summed E-state index contributed by atoms with van der Waals surface area (Å²) in [6, 6.07) is 0.858. The molecule has 94 valence electrons. The first-order chi connectivity index (χ1) is 8.56. The summed E-state index contributed by atoms with van der Waals surface area (Å²) in [6.07, 6.45) is 4.05. The van der Waals surface area contributed by atoms with Crippen molar-refractivity contribution in [3.8, 4) is 0 Å². The molecule has 1 unspecified atom stereocenters. The Morgan fingerprint density at radius 2 is 2.22 bits per heavy atom. The van der Waals surface area contributed by atoms with Gasteiger partial charge >= 0.3 is 0 Å². The summed E-state index contributed by atoms with van der Waals surface area (Å²) in [5.41, 5.74) is 1.10. The largest absolute Gasteiger partial charge is 0.344 e. The second-order valence-corrected chi connectivity index (χ2v) is 4.04. The second kappa shape index (κ2) is 4.95. The van der Waals surface area contributed by atoms with Crippen LogP contribution in [-0.4, -0.2) is 20.9 Å². The van der Waals surface area contributed by atoms with Crippen molar-refractivity contribution in [1.29, 1.82) is 0 Å². The van der Waals surface area contributed by atoms with Crippen LogP contribution in [0.2, 0.25) is 0 Å².